The molecule has 94 valence electrons. The molecule has 0 fully saturated rings. The third-order valence-electron chi connectivity index (χ3n) is 2.94. The molecule has 0 aliphatic heterocycles. The summed E-state index contributed by atoms with van der Waals surface area (Å²) in [6, 6.07) is 15.1. The molecule has 0 aliphatic rings. The number of halogens is 1. The molecule has 2 heteroatoms. The molecule has 2 aromatic carbocycles. The number of aryl methyl sites for hydroxylation is 2. The average Bonchev–Trinajstić information content (AvgIpc) is 2.32. The van der Waals surface area contributed by atoms with Gasteiger partial charge in [0.05, 0.1) is 0 Å². The van der Waals surface area contributed by atoms with Gasteiger partial charge in [0.2, 0.25) is 0 Å². The minimum Gasteiger partial charge on any atom is -0.309 e. The van der Waals surface area contributed by atoms with Gasteiger partial charge in [0.25, 0.3) is 0 Å². The van der Waals surface area contributed by atoms with Crippen LogP contribution in [0.15, 0.2) is 46.9 Å². The van der Waals surface area contributed by atoms with Gasteiger partial charge in [0.15, 0.2) is 0 Å². The van der Waals surface area contributed by atoms with E-state index in [1.807, 2.05) is 0 Å². The first-order chi connectivity index (χ1) is 8.65. The van der Waals surface area contributed by atoms with Gasteiger partial charge in [-0.3, -0.25) is 0 Å². The Bertz CT molecular complexity index is 534. The Balaban J connectivity index is 1.92. The van der Waals surface area contributed by atoms with E-state index in [1.165, 1.54) is 26.7 Å². The molecule has 0 amide bonds. The summed E-state index contributed by atoms with van der Waals surface area (Å²) in [5, 5.41) is 3.48. The summed E-state index contributed by atoms with van der Waals surface area (Å²) < 4.78 is 1.18. The van der Waals surface area contributed by atoms with Crippen LogP contribution in [0.25, 0.3) is 0 Å². The first kappa shape index (κ1) is 13.3. The van der Waals surface area contributed by atoms with E-state index in [9.17, 15) is 0 Å². The molecule has 2 aromatic rings. The predicted molar refractivity (Wildman–Crippen MR) is 80.6 cm³/mol. The lowest BCUT2D eigenvalue weighted by Gasteiger charge is -2.08. The van der Waals surface area contributed by atoms with Crippen LogP contribution in [0.1, 0.15) is 22.3 Å². The van der Waals surface area contributed by atoms with E-state index in [4.69, 9.17) is 0 Å². The fourth-order valence-corrected chi connectivity index (χ4v) is 2.59. The topological polar surface area (TPSA) is 12.0 Å². The highest BCUT2D eigenvalue weighted by Crippen LogP contribution is 2.18. The van der Waals surface area contributed by atoms with E-state index < -0.39 is 0 Å². The second-order valence-electron chi connectivity index (χ2n) is 4.69. The van der Waals surface area contributed by atoms with E-state index in [1.54, 1.807) is 0 Å². The van der Waals surface area contributed by atoms with Crippen molar-refractivity contribution in [1.29, 1.82) is 0 Å². The van der Waals surface area contributed by atoms with Crippen LogP contribution in [0.5, 0.6) is 0 Å². The van der Waals surface area contributed by atoms with Crippen molar-refractivity contribution < 1.29 is 0 Å². The molecule has 0 unspecified atom stereocenters. The van der Waals surface area contributed by atoms with Gasteiger partial charge in [-0.25, -0.2) is 0 Å². The first-order valence-electron chi connectivity index (χ1n) is 6.16. The smallest absolute Gasteiger partial charge is 0.0222 e. The fraction of sp³-hybridized carbons (Fsp3) is 0.250. The van der Waals surface area contributed by atoms with Crippen LogP contribution in [-0.4, -0.2) is 0 Å². The lowest BCUT2D eigenvalue weighted by molar-refractivity contribution is 0.691. The van der Waals surface area contributed by atoms with Gasteiger partial charge in [-0.1, -0.05) is 57.9 Å². The third-order valence-corrected chi connectivity index (χ3v) is 3.67. The maximum Gasteiger partial charge on any atom is 0.0222 e. The Kier molecular flexibility index (Phi) is 4.56. The van der Waals surface area contributed by atoms with E-state index >= 15 is 0 Å². The van der Waals surface area contributed by atoms with Crippen molar-refractivity contribution in [3.05, 3.63) is 69.2 Å². The fourth-order valence-electron chi connectivity index (χ4n) is 1.96. The minimum absolute atomic E-state index is 0.884. The molecule has 1 nitrogen and oxygen atoms in total. The van der Waals surface area contributed by atoms with Crippen LogP contribution in [0.3, 0.4) is 0 Å². The van der Waals surface area contributed by atoms with Crippen LogP contribution in [0, 0.1) is 13.8 Å². The van der Waals surface area contributed by atoms with Crippen LogP contribution in [-0.2, 0) is 13.1 Å². The van der Waals surface area contributed by atoms with E-state index in [0.29, 0.717) is 0 Å². The molecule has 0 spiro atoms. The molecule has 0 bridgehead atoms. The Labute approximate surface area is 117 Å². The van der Waals surface area contributed by atoms with Crippen molar-refractivity contribution >= 4 is 15.9 Å². The zero-order valence-corrected chi connectivity index (χ0v) is 12.4. The molecule has 0 saturated heterocycles. The summed E-state index contributed by atoms with van der Waals surface area (Å²) in [4.78, 5) is 0. The van der Waals surface area contributed by atoms with E-state index in [0.717, 1.165) is 13.1 Å². The quantitative estimate of drug-likeness (QED) is 0.885. The third kappa shape index (κ3) is 3.69. The van der Waals surface area contributed by atoms with Crippen LogP contribution in [0.4, 0.5) is 0 Å². The second-order valence-corrected chi connectivity index (χ2v) is 5.54. The minimum atomic E-state index is 0.884. The largest absolute Gasteiger partial charge is 0.309 e. The zero-order valence-electron chi connectivity index (χ0n) is 10.8. The van der Waals surface area contributed by atoms with Crippen LogP contribution < -0.4 is 5.32 Å². The lowest BCUT2D eigenvalue weighted by Crippen LogP contribution is -2.13. The molecule has 18 heavy (non-hydrogen) atoms. The standard InChI is InChI=1S/C16H18BrN/c1-12-4-3-5-14(8-12)10-18-11-15-7-6-13(2)9-16(15)17/h3-9,18H,10-11H2,1-2H3. The number of nitrogens with one attached hydrogen (secondary N) is 1. The summed E-state index contributed by atoms with van der Waals surface area (Å²) in [5.74, 6) is 0. The molecule has 0 radical (unpaired) electrons. The van der Waals surface area contributed by atoms with Crippen LogP contribution in [0.2, 0.25) is 0 Å². The maximum absolute atomic E-state index is 3.61. The van der Waals surface area contributed by atoms with Crippen molar-refractivity contribution in [2.24, 2.45) is 0 Å². The molecule has 0 aromatic heterocycles. The van der Waals surface area contributed by atoms with Gasteiger partial charge in [-0.15, -0.1) is 0 Å². The Morgan fingerprint density at radius 2 is 1.72 bits per heavy atom. The lowest BCUT2D eigenvalue weighted by atomic mass is 10.1. The van der Waals surface area contributed by atoms with Crippen molar-refractivity contribution in [1.82, 2.24) is 5.32 Å². The van der Waals surface area contributed by atoms with Crippen LogP contribution >= 0.6 is 15.9 Å². The first-order valence-corrected chi connectivity index (χ1v) is 6.96. The van der Waals surface area contributed by atoms with Gasteiger partial charge in [0, 0.05) is 17.6 Å². The number of hydrogen-bond acceptors (Lipinski definition) is 1. The van der Waals surface area contributed by atoms with Crippen molar-refractivity contribution in [3.63, 3.8) is 0 Å². The van der Waals surface area contributed by atoms with Gasteiger partial charge in [-0.05, 0) is 36.6 Å². The second kappa shape index (κ2) is 6.17. The molecule has 1 N–H and O–H groups in total. The number of rotatable bonds is 4. The summed E-state index contributed by atoms with van der Waals surface area (Å²) in [6.07, 6.45) is 0. The normalized spacial score (nSPS) is 10.6. The Morgan fingerprint density at radius 3 is 2.44 bits per heavy atom. The Morgan fingerprint density at radius 1 is 0.944 bits per heavy atom. The van der Waals surface area contributed by atoms with Gasteiger partial charge >= 0.3 is 0 Å². The highest BCUT2D eigenvalue weighted by molar-refractivity contribution is 9.10. The van der Waals surface area contributed by atoms with Gasteiger partial charge in [-0.2, -0.15) is 0 Å². The molecular formula is C16H18BrN. The van der Waals surface area contributed by atoms with Gasteiger partial charge < -0.3 is 5.32 Å². The summed E-state index contributed by atoms with van der Waals surface area (Å²) in [6.45, 7) is 6.02. The molecule has 0 heterocycles. The average molecular weight is 304 g/mol. The number of hydrogen-bond donors (Lipinski definition) is 1. The monoisotopic (exact) mass is 303 g/mol. The number of benzene rings is 2. The van der Waals surface area contributed by atoms with E-state index in [-0.39, 0.29) is 0 Å². The van der Waals surface area contributed by atoms with Crippen molar-refractivity contribution in [2.75, 3.05) is 0 Å². The molecule has 0 saturated carbocycles. The summed E-state index contributed by atoms with van der Waals surface area (Å²) in [7, 11) is 0. The Hall–Kier alpha value is -1.12. The van der Waals surface area contributed by atoms with Crippen molar-refractivity contribution in [2.45, 2.75) is 26.9 Å². The summed E-state index contributed by atoms with van der Waals surface area (Å²) >= 11 is 3.61. The molecular weight excluding hydrogens is 286 g/mol. The summed E-state index contributed by atoms with van der Waals surface area (Å²) in [5.41, 5.74) is 5.22. The SMILES string of the molecule is Cc1cccc(CNCc2ccc(C)cc2Br)c1. The predicted octanol–water partition coefficient (Wildman–Crippen LogP) is 4.36. The molecule has 0 aliphatic carbocycles. The maximum atomic E-state index is 3.61. The molecule has 2 rings (SSSR count). The van der Waals surface area contributed by atoms with E-state index in [2.05, 4.69) is 77.6 Å². The van der Waals surface area contributed by atoms with Crippen molar-refractivity contribution in [3.8, 4) is 0 Å². The highest BCUT2D eigenvalue weighted by atomic mass is 79.9. The highest BCUT2D eigenvalue weighted by Gasteiger charge is 2.00. The van der Waals surface area contributed by atoms with Gasteiger partial charge in [0.1, 0.15) is 0 Å². The molecule has 0 atom stereocenters. The zero-order chi connectivity index (χ0) is 13.0.